The number of carbonyl (C=O) groups excluding carboxylic acids is 3. The molecular formula is C23H25NO8. The lowest BCUT2D eigenvalue weighted by atomic mass is 9.78. The molecule has 2 aromatic carbocycles. The smallest absolute Gasteiger partial charge is 0.324 e. The number of benzene rings is 2. The summed E-state index contributed by atoms with van der Waals surface area (Å²) in [6.45, 7) is 2.83. The van der Waals surface area contributed by atoms with Gasteiger partial charge in [0.2, 0.25) is 0 Å². The van der Waals surface area contributed by atoms with Crippen molar-refractivity contribution >= 4 is 23.4 Å². The van der Waals surface area contributed by atoms with Crippen molar-refractivity contribution in [1.29, 1.82) is 0 Å². The predicted molar refractivity (Wildman–Crippen MR) is 112 cm³/mol. The SMILES string of the molecule is CON(OC)c1ccc([C@@H](O)[C@@H](C(=O)c2ccccc2)C2C(=O)OC(C)(C)OC2=O)cc1. The standard InChI is InChI=1S/C23H25NO8/c1-23(2)31-21(27)18(22(28)32-23)17(19(25)14-8-6-5-7-9-14)20(26)15-10-12-16(13-11-15)24(29-3)30-4/h5-13,17-18,20,26H,1-4H3/t17-,20-/m1/s1. The first-order valence-corrected chi connectivity index (χ1v) is 9.90. The zero-order valence-electron chi connectivity index (χ0n) is 18.2. The monoisotopic (exact) mass is 443 g/mol. The van der Waals surface area contributed by atoms with Gasteiger partial charge in [0.25, 0.3) is 5.79 Å². The van der Waals surface area contributed by atoms with Crippen molar-refractivity contribution in [3.8, 4) is 0 Å². The Hall–Kier alpha value is -3.27. The van der Waals surface area contributed by atoms with Gasteiger partial charge in [-0.05, 0) is 17.7 Å². The summed E-state index contributed by atoms with van der Waals surface area (Å²) in [7, 11) is 2.84. The molecule has 0 saturated carbocycles. The molecule has 32 heavy (non-hydrogen) atoms. The average molecular weight is 443 g/mol. The van der Waals surface area contributed by atoms with E-state index in [0.29, 0.717) is 11.3 Å². The van der Waals surface area contributed by atoms with Crippen molar-refractivity contribution in [3.05, 3.63) is 65.7 Å². The van der Waals surface area contributed by atoms with Crippen LogP contribution >= 0.6 is 0 Å². The highest BCUT2D eigenvalue weighted by atomic mass is 16.9. The van der Waals surface area contributed by atoms with Gasteiger partial charge in [-0.15, -0.1) is 5.23 Å². The molecule has 0 aliphatic carbocycles. The lowest BCUT2D eigenvalue weighted by Crippen LogP contribution is -2.51. The van der Waals surface area contributed by atoms with Crippen LogP contribution in [0.3, 0.4) is 0 Å². The molecule has 170 valence electrons. The van der Waals surface area contributed by atoms with Gasteiger partial charge in [0.1, 0.15) is 0 Å². The van der Waals surface area contributed by atoms with E-state index in [2.05, 4.69) is 0 Å². The number of esters is 2. The second kappa shape index (κ2) is 9.47. The number of aliphatic hydroxyl groups excluding tert-OH is 1. The van der Waals surface area contributed by atoms with Crippen LogP contribution in [0.25, 0.3) is 0 Å². The zero-order chi connectivity index (χ0) is 23.5. The van der Waals surface area contributed by atoms with Gasteiger partial charge in [0.05, 0.1) is 31.9 Å². The highest BCUT2D eigenvalue weighted by Gasteiger charge is 2.52. The van der Waals surface area contributed by atoms with Crippen LogP contribution in [-0.2, 0) is 28.7 Å². The molecule has 2 atom stereocenters. The van der Waals surface area contributed by atoms with E-state index in [4.69, 9.17) is 19.1 Å². The third-order valence-corrected chi connectivity index (χ3v) is 5.04. The molecule has 0 spiro atoms. The van der Waals surface area contributed by atoms with E-state index < -0.39 is 41.4 Å². The topological polar surface area (TPSA) is 112 Å². The Kier molecular flexibility index (Phi) is 6.93. The van der Waals surface area contributed by atoms with Crippen LogP contribution in [0.15, 0.2) is 54.6 Å². The molecule has 2 aromatic rings. The Morgan fingerprint density at radius 1 is 0.969 bits per heavy atom. The fraction of sp³-hybridized carbons (Fsp3) is 0.348. The average Bonchev–Trinajstić information content (AvgIpc) is 2.76. The Labute approximate surface area is 185 Å². The van der Waals surface area contributed by atoms with E-state index in [1.807, 2.05) is 0 Å². The summed E-state index contributed by atoms with van der Waals surface area (Å²) in [4.78, 5) is 48.9. The molecule has 0 amide bonds. The third kappa shape index (κ3) is 4.80. The van der Waals surface area contributed by atoms with Gasteiger partial charge < -0.3 is 14.6 Å². The Bertz CT molecular complexity index is 949. The van der Waals surface area contributed by atoms with Gasteiger partial charge in [-0.1, -0.05) is 42.5 Å². The van der Waals surface area contributed by atoms with Crippen molar-refractivity contribution in [1.82, 2.24) is 0 Å². The second-order valence-corrected chi connectivity index (χ2v) is 7.63. The Morgan fingerprint density at radius 3 is 2.00 bits per heavy atom. The molecule has 1 aliphatic rings. The van der Waals surface area contributed by atoms with Crippen molar-refractivity contribution < 1.29 is 38.6 Å². The van der Waals surface area contributed by atoms with Crippen LogP contribution in [0.4, 0.5) is 5.69 Å². The largest absolute Gasteiger partial charge is 0.422 e. The quantitative estimate of drug-likeness (QED) is 0.285. The van der Waals surface area contributed by atoms with Gasteiger partial charge in [-0.25, -0.2) is 0 Å². The summed E-state index contributed by atoms with van der Waals surface area (Å²) in [5.41, 5.74) is 1.07. The van der Waals surface area contributed by atoms with Gasteiger partial charge in [-0.3, -0.25) is 24.1 Å². The molecule has 1 aliphatic heterocycles. The van der Waals surface area contributed by atoms with Crippen LogP contribution in [0.5, 0.6) is 0 Å². The number of rotatable bonds is 8. The van der Waals surface area contributed by atoms with E-state index in [0.717, 1.165) is 5.23 Å². The van der Waals surface area contributed by atoms with Crippen molar-refractivity contribution in [2.75, 3.05) is 19.4 Å². The normalized spacial score (nSPS) is 17.8. The number of carbonyl (C=O) groups is 3. The molecule has 1 N–H and O–H groups in total. The van der Waals surface area contributed by atoms with E-state index in [1.54, 1.807) is 54.6 Å². The van der Waals surface area contributed by atoms with E-state index in [1.165, 1.54) is 28.1 Å². The van der Waals surface area contributed by atoms with Crippen LogP contribution in [0.1, 0.15) is 35.9 Å². The molecule has 0 radical (unpaired) electrons. The summed E-state index contributed by atoms with van der Waals surface area (Å²) < 4.78 is 10.4. The van der Waals surface area contributed by atoms with Crippen molar-refractivity contribution in [3.63, 3.8) is 0 Å². The molecular weight excluding hydrogens is 418 g/mol. The molecule has 1 fully saturated rings. The number of cyclic esters (lactones) is 2. The summed E-state index contributed by atoms with van der Waals surface area (Å²) in [5, 5.41) is 12.3. The Morgan fingerprint density at radius 2 is 1.50 bits per heavy atom. The maximum Gasteiger partial charge on any atom is 0.324 e. The van der Waals surface area contributed by atoms with Gasteiger partial charge in [-0.2, -0.15) is 0 Å². The summed E-state index contributed by atoms with van der Waals surface area (Å²) in [6.07, 6.45) is -1.50. The maximum atomic E-state index is 13.4. The van der Waals surface area contributed by atoms with E-state index in [-0.39, 0.29) is 5.56 Å². The molecule has 0 bridgehead atoms. The first-order valence-electron chi connectivity index (χ1n) is 9.90. The molecule has 3 rings (SSSR count). The second-order valence-electron chi connectivity index (χ2n) is 7.63. The molecule has 1 saturated heterocycles. The fourth-order valence-electron chi connectivity index (χ4n) is 3.58. The number of ketones is 1. The van der Waals surface area contributed by atoms with Gasteiger partial charge in [0.15, 0.2) is 11.7 Å². The van der Waals surface area contributed by atoms with Gasteiger partial charge >= 0.3 is 11.9 Å². The fourth-order valence-corrected chi connectivity index (χ4v) is 3.58. The predicted octanol–water partition coefficient (Wildman–Crippen LogP) is 2.60. The zero-order valence-corrected chi connectivity index (χ0v) is 18.2. The number of ether oxygens (including phenoxy) is 2. The van der Waals surface area contributed by atoms with E-state index in [9.17, 15) is 19.5 Å². The number of anilines is 1. The highest BCUT2D eigenvalue weighted by molar-refractivity contribution is 6.07. The third-order valence-electron chi connectivity index (χ3n) is 5.04. The number of Topliss-reactive ketones (excluding diaryl/α,β-unsaturated/α-hetero) is 1. The number of hydrogen-bond donors (Lipinski definition) is 1. The molecule has 9 heteroatoms. The van der Waals surface area contributed by atoms with Crippen molar-refractivity contribution in [2.24, 2.45) is 11.8 Å². The first-order chi connectivity index (χ1) is 15.2. The highest BCUT2D eigenvalue weighted by Crippen LogP contribution is 2.37. The van der Waals surface area contributed by atoms with E-state index >= 15 is 0 Å². The Balaban J connectivity index is 2.00. The number of nitrogens with zero attached hydrogens (tertiary/aromatic N) is 1. The lowest BCUT2D eigenvalue weighted by Gasteiger charge is -2.36. The van der Waals surface area contributed by atoms with Crippen molar-refractivity contribution in [2.45, 2.75) is 25.7 Å². The maximum absolute atomic E-state index is 13.4. The molecule has 0 aromatic heterocycles. The minimum absolute atomic E-state index is 0.239. The molecule has 0 unspecified atom stereocenters. The summed E-state index contributed by atoms with van der Waals surface area (Å²) in [6, 6.07) is 14.4. The molecule has 9 nitrogen and oxygen atoms in total. The van der Waals surface area contributed by atoms with Crippen LogP contribution < -0.4 is 5.23 Å². The van der Waals surface area contributed by atoms with Crippen LogP contribution in [0, 0.1) is 11.8 Å². The van der Waals surface area contributed by atoms with Crippen LogP contribution in [0.2, 0.25) is 0 Å². The minimum Gasteiger partial charge on any atom is -0.422 e. The lowest BCUT2D eigenvalue weighted by molar-refractivity contribution is -0.243. The summed E-state index contributed by atoms with van der Waals surface area (Å²) in [5.74, 6) is -6.99. The molecule has 1 heterocycles. The summed E-state index contributed by atoms with van der Waals surface area (Å²) >= 11 is 0. The minimum atomic E-state index is -1.63. The first kappa shape index (κ1) is 23.4. The van der Waals surface area contributed by atoms with Gasteiger partial charge in [0, 0.05) is 19.4 Å². The van der Waals surface area contributed by atoms with Crippen LogP contribution in [-0.4, -0.2) is 42.8 Å². The number of aliphatic hydroxyl groups is 1. The number of hydrogen-bond acceptors (Lipinski definition) is 9.